The Morgan fingerprint density at radius 2 is 1.96 bits per heavy atom. The summed E-state index contributed by atoms with van der Waals surface area (Å²) < 4.78 is 2.87. The zero-order valence-corrected chi connectivity index (χ0v) is 17.7. The standard InChI is InChI=1S/C16H20BrN3OS3/c1-3-4-9-22-15-18-19-16(24-15)23-11-14(21)20(2)10-12-7-5-6-8-13(12)17/h5-8H,3-4,9-11H2,1-2H3. The molecule has 0 N–H and O–H groups in total. The first kappa shape index (κ1) is 19.8. The molecule has 0 fully saturated rings. The van der Waals surface area contributed by atoms with Gasteiger partial charge in [0.1, 0.15) is 0 Å². The number of rotatable bonds is 9. The molecular formula is C16H20BrN3OS3. The molecule has 1 amide bonds. The zero-order valence-electron chi connectivity index (χ0n) is 13.7. The topological polar surface area (TPSA) is 46.1 Å². The maximum absolute atomic E-state index is 12.3. The first-order valence-corrected chi connectivity index (χ1v) is 11.2. The number of benzene rings is 1. The van der Waals surface area contributed by atoms with E-state index < -0.39 is 0 Å². The Morgan fingerprint density at radius 3 is 2.67 bits per heavy atom. The second kappa shape index (κ2) is 10.4. The van der Waals surface area contributed by atoms with Gasteiger partial charge in [0.2, 0.25) is 5.91 Å². The van der Waals surface area contributed by atoms with Gasteiger partial charge in [-0.3, -0.25) is 4.79 Å². The highest BCUT2D eigenvalue weighted by molar-refractivity contribution is 9.10. The number of nitrogens with zero attached hydrogens (tertiary/aromatic N) is 3. The van der Waals surface area contributed by atoms with Crippen LogP contribution in [-0.4, -0.2) is 39.6 Å². The van der Waals surface area contributed by atoms with Gasteiger partial charge in [-0.1, -0.05) is 82.3 Å². The van der Waals surface area contributed by atoms with Crippen LogP contribution in [0.15, 0.2) is 37.4 Å². The van der Waals surface area contributed by atoms with Gasteiger partial charge in [-0.05, 0) is 18.1 Å². The quantitative estimate of drug-likeness (QED) is 0.403. The highest BCUT2D eigenvalue weighted by atomic mass is 79.9. The maximum Gasteiger partial charge on any atom is 0.233 e. The number of unbranched alkanes of at least 4 members (excludes halogenated alkanes) is 1. The van der Waals surface area contributed by atoms with Crippen molar-refractivity contribution >= 4 is 56.7 Å². The molecule has 0 radical (unpaired) electrons. The molecule has 0 bridgehead atoms. The van der Waals surface area contributed by atoms with Crippen LogP contribution in [0, 0.1) is 0 Å². The average molecular weight is 446 g/mol. The van der Waals surface area contributed by atoms with Gasteiger partial charge in [0.05, 0.1) is 5.75 Å². The fourth-order valence-electron chi connectivity index (χ4n) is 1.82. The number of carbonyl (C=O) groups excluding carboxylic acids is 1. The summed E-state index contributed by atoms with van der Waals surface area (Å²) in [6.07, 6.45) is 2.37. The van der Waals surface area contributed by atoms with Crippen molar-refractivity contribution in [2.45, 2.75) is 35.0 Å². The molecule has 8 heteroatoms. The molecule has 1 aromatic heterocycles. The summed E-state index contributed by atoms with van der Waals surface area (Å²) in [5, 5.41) is 8.33. The molecule has 130 valence electrons. The third-order valence-electron chi connectivity index (χ3n) is 3.22. The van der Waals surface area contributed by atoms with Crippen LogP contribution in [-0.2, 0) is 11.3 Å². The van der Waals surface area contributed by atoms with Crippen LogP contribution in [0.3, 0.4) is 0 Å². The minimum atomic E-state index is 0.0890. The molecule has 0 aliphatic heterocycles. The normalized spacial score (nSPS) is 10.8. The molecule has 2 aromatic rings. The van der Waals surface area contributed by atoms with Crippen molar-refractivity contribution in [1.29, 1.82) is 0 Å². The molecule has 1 heterocycles. The number of amides is 1. The molecular weight excluding hydrogens is 426 g/mol. The van der Waals surface area contributed by atoms with Crippen molar-refractivity contribution in [3.05, 3.63) is 34.3 Å². The van der Waals surface area contributed by atoms with Crippen LogP contribution in [0.2, 0.25) is 0 Å². The summed E-state index contributed by atoms with van der Waals surface area (Å²) in [7, 11) is 1.83. The average Bonchev–Trinajstić information content (AvgIpc) is 3.03. The number of thioether (sulfide) groups is 2. The predicted octanol–water partition coefficient (Wildman–Crippen LogP) is 4.94. The van der Waals surface area contributed by atoms with E-state index in [0.717, 1.165) is 24.5 Å². The van der Waals surface area contributed by atoms with Crippen LogP contribution in [0.4, 0.5) is 0 Å². The van der Waals surface area contributed by atoms with E-state index in [0.29, 0.717) is 12.3 Å². The molecule has 4 nitrogen and oxygen atoms in total. The molecule has 0 atom stereocenters. The van der Waals surface area contributed by atoms with Gasteiger partial charge in [0, 0.05) is 23.8 Å². The Balaban J connectivity index is 1.79. The fourth-order valence-corrected chi connectivity index (χ4v) is 5.35. The largest absolute Gasteiger partial charge is 0.341 e. The summed E-state index contributed by atoms with van der Waals surface area (Å²) in [6, 6.07) is 7.95. The highest BCUT2D eigenvalue weighted by Gasteiger charge is 2.13. The fraction of sp³-hybridized carbons (Fsp3) is 0.438. The van der Waals surface area contributed by atoms with E-state index in [4.69, 9.17) is 0 Å². The van der Waals surface area contributed by atoms with Gasteiger partial charge in [0.15, 0.2) is 8.68 Å². The van der Waals surface area contributed by atoms with Crippen molar-refractivity contribution < 1.29 is 4.79 Å². The van der Waals surface area contributed by atoms with Gasteiger partial charge >= 0.3 is 0 Å². The van der Waals surface area contributed by atoms with Gasteiger partial charge < -0.3 is 4.90 Å². The summed E-state index contributed by atoms with van der Waals surface area (Å²) in [5.41, 5.74) is 1.10. The Kier molecular flexibility index (Phi) is 8.58. The summed E-state index contributed by atoms with van der Waals surface area (Å²) >= 11 is 8.29. The lowest BCUT2D eigenvalue weighted by Crippen LogP contribution is -2.27. The SMILES string of the molecule is CCCCSc1nnc(SCC(=O)N(C)Cc2ccccc2Br)s1. The molecule has 0 saturated heterocycles. The second-order valence-electron chi connectivity index (χ2n) is 5.17. The highest BCUT2D eigenvalue weighted by Crippen LogP contribution is 2.29. The van der Waals surface area contributed by atoms with Gasteiger partial charge in [-0.25, -0.2) is 0 Å². The van der Waals surface area contributed by atoms with Gasteiger partial charge in [-0.15, -0.1) is 10.2 Å². The third kappa shape index (κ3) is 6.38. The molecule has 0 aliphatic rings. The molecule has 0 spiro atoms. The van der Waals surface area contributed by atoms with Crippen LogP contribution < -0.4 is 0 Å². The Hall–Kier alpha value is -0.570. The second-order valence-corrected chi connectivity index (χ2v) is 9.56. The minimum absolute atomic E-state index is 0.0890. The number of hydrogen-bond donors (Lipinski definition) is 0. The van der Waals surface area contributed by atoms with Crippen LogP contribution >= 0.6 is 50.8 Å². The van der Waals surface area contributed by atoms with E-state index in [9.17, 15) is 4.79 Å². The number of aromatic nitrogens is 2. The Morgan fingerprint density at radius 1 is 1.25 bits per heavy atom. The van der Waals surface area contributed by atoms with Crippen molar-refractivity contribution in [2.24, 2.45) is 0 Å². The summed E-state index contributed by atoms with van der Waals surface area (Å²) in [5.74, 6) is 1.55. The summed E-state index contributed by atoms with van der Waals surface area (Å²) in [6.45, 7) is 2.77. The van der Waals surface area contributed by atoms with Crippen molar-refractivity contribution in [3.8, 4) is 0 Å². The smallest absolute Gasteiger partial charge is 0.233 e. The predicted molar refractivity (Wildman–Crippen MR) is 107 cm³/mol. The van der Waals surface area contributed by atoms with Gasteiger partial charge in [0.25, 0.3) is 0 Å². The third-order valence-corrected chi connectivity index (χ3v) is 7.26. The van der Waals surface area contributed by atoms with Crippen LogP contribution in [0.1, 0.15) is 25.3 Å². The molecule has 24 heavy (non-hydrogen) atoms. The van der Waals surface area contributed by atoms with Crippen molar-refractivity contribution in [2.75, 3.05) is 18.6 Å². The van der Waals surface area contributed by atoms with Gasteiger partial charge in [-0.2, -0.15) is 0 Å². The molecule has 1 aromatic carbocycles. The molecule has 0 aliphatic carbocycles. The molecule has 0 saturated carbocycles. The van der Waals surface area contributed by atoms with Crippen LogP contribution in [0.25, 0.3) is 0 Å². The molecule has 0 unspecified atom stereocenters. The van der Waals surface area contributed by atoms with E-state index in [1.54, 1.807) is 28.0 Å². The number of hydrogen-bond acceptors (Lipinski definition) is 6. The maximum atomic E-state index is 12.3. The Labute approximate surface area is 163 Å². The number of carbonyl (C=O) groups is 1. The van der Waals surface area contributed by atoms with Crippen molar-refractivity contribution in [1.82, 2.24) is 15.1 Å². The van der Waals surface area contributed by atoms with Crippen LogP contribution in [0.5, 0.6) is 0 Å². The lowest BCUT2D eigenvalue weighted by molar-refractivity contribution is -0.127. The van der Waals surface area contributed by atoms with E-state index in [1.165, 1.54) is 24.6 Å². The minimum Gasteiger partial charge on any atom is -0.341 e. The van der Waals surface area contributed by atoms with E-state index in [-0.39, 0.29) is 5.91 Å². The first-order valence-electron chi connectivity index (χ1n) is 7.66. The lowest BCUT2D eigenvalue weighted by Gasteiger charge is -2.17. The molecule has 2 rings (SSSR count). The van der Waals surface area contributed by atoms with E-state index >= 15 is 0 Å². The summed E-state index contributed by atoms with van der Waals surface area (Å²) in [4.78, 5) is 14.0. The number of halogens is 1. The Bertz CT molecular complexity index is 666. The zero-order chi connectivity index (χ0) is 17.4. The first-order chi connectivity index (χ1) is 11.6. The van der Waals surface area contributed by atoms with E-state index in [2.05, 4.69) is 33.1 Å². The van der Waals surface area contributed by atoms with E-state index in [1.807, 2.05) is 31.3 Å². The monoisotopic (exact) mass is 445 g/mol. The lowest BCUT2D eigenvalue weighted by atomic mass is 10.2. The van der Waals surface area contributed by atoms with Crippen molar-refractivity contribution in [3.63, 3.8) is 0 Å².